The van der Waals surface area contributed by atoms with Crippen molar-refractivity contribution in [3.8, 4) is 0 Å². The number of ether oxygens (including phenoxy) is 1. The lowest BCUT2D eigenvalue weighted by molar-refractivity contribution is 0.200. The molecule has 5 nitrogen and oxygen atoms in total. The SMILES string of the molecule is COCCc1nnc2sc(Cc3ccccc3)nn12. The van der Waals surface area contributed by atoms with E-state index in [0.29, 0.717) is 6.61 Å². The van der Waals surface area contributed by atoms with Crippen LogP contribution >= 0.6 is 11.3 Å². The van der Waals surface area contributed by atoms with E-state index in [9.17, 15) is 0 Å². The van der Waals surface area contributed by atoms with Crippen molar-refractivity contribution in [3.05, 3.63) is 46.7 Å². The molecule has 0 bridgehead atoms. The second-order valence-corrected chi connectivity index (χ2v) is 5.25. The van der Waals surface area contributed by atoms with Crippen LogP contribution < -0.4 is 0 Å². The van der Waals surface area contributed by atoms with Gasteiger partial charge in [0.05, 0.1) is 6.61 Å². The molecule has 19 heavy (non-hydrogen) atoms. The van der Waals surface area contributed by atoms with Crippen molar-refractivity contribution in [1.82, 2.24) is 19.8 Å². The lowest BCUT2D eigenvalue weighted by Gasteiger charge is -1.96. The van der Waals surface area contributed by atoms with Crippen molar-refractivity contribution in [2.75, 3.05) is 13.7 Å². The largest absolute Gasteiger partial charge is 0.384 e. The average Bonchev–Trinajstić information content (AvgIpc) is 2.98. The van der Waals surface area contributed by atoms with Crippen LogP contribution in [0.2, 0.25) is 0 Å². The number of aromatic nitrogens is 4. The molecule has 2 aromatic heterocycles. The van der Waals surface area contributed by atoms with E-state index in [1.807, 2.05) is 22.7 Å². The first-order valence-corrected chi connectivity index (χ1v) is 6.91. The van der Waals surface area contributed by atoms with Gasteiger partial charge in [0.15, 0.2) is 5.82 Å². The van der Waals surface area contributed by atoms with Crippen molar-refractivity contribution in [3.63, 3.8) is 0 Å². The number of benzene rings is 1. The van der Waals surface area contributed by atoms with Gasteiger partial charge < -0.3 is 4.74 Å². The highest BCUT2D eigenvalue weighted by atomic mass is 32.1. The van der Waals surface area contributed by atoms with Gasteiger partial charge in [0.1, 0.15) is 5.01 Å². The second-order valence-electron chi connectivity index (χ2n) is 4.21. The molecular weight excluding hydrogens is 260 g/mol. The van der Waals surface area contributed by atoms with Gasteiger partial charge in [0.2, 0.25) is 4.96 Å². The molecule has 0 radical (unpaired) electrons. The van der Waals surface area contributed by atoms with Crippen molar-refractivity contribution in [2.45, 2.75) is 12.8 Å². The third kappa shape index (κ3) is 2.64. The standard InChI is InChI=1S/C13H14N4OS/c1-18-8-7-11-14-15-13-17(11)16-12(19-13)9-10-5-3-2-4-6-10/h2-6H,7-9H2,1H3. The van der Waals surface area contributed by atoms with Gasteiger partial charge in [-0.2, -0.15) is 9.61 Å². The number of fused-ring (bicyclic) bond motifs is 1. The summed E-state index contributed by atoms with van der Waals surface area (Å²) in [6, 6.07) is 10.3. The van der Waals surface area contributed by atoms with Crippen LogP contribution in [0.1, 0.15) is 16.4 Å². The van der Waals surface area contributed by atoms with Crippen LogP contribution in [0.25, 0.3) is 4.96 Å². The Hall–Kier alpha value is -1.79. The first kappa shape index (κ1) is 12.3. The van der Waals surface area contributed by atoms with Crippen LogP contribution in [0.5, 0.6) is 0 Å². The number of hydrogen-bond acceptors (Lipinski definition) is 5. The molecule has 0 aliphatic carbocycles. The van der Waals surface area contributed by atoms with Crippen molar-refractivity contribution in [1.29, 1.82) is 0 Å². The fourth-order valence-corrected chi connectivity index (χ4v) is 2.77. The molecular formula is C13H14N4OS. The molecule has 6 heteroatoms. The topological polar surface area (TPSA) is 52.3 Å². The molecule has 0 fully saturated rings. The minimum Gasteiger partial charge on any atom is -0.384 e. The van der Waals surface area contributed by atoms with Crippen molar-refractivity contribution >= 4 is 16.3 Å². The van der Waals surface area contributed by atoms with Gasteiger partial charge >= 0.3 is 0 Å². The molecule has 0 saturated heterocycles. The van der Waals surface area contributed by atoms with Crippen LogP contribution in [0, 0.1) is 0 Å². The molecule has 0 atom stereocenters. The molecule has 0 aliphatic rings. The highest BCUT2D eigenvalue weighted by molar-refractivity contribution is 7.16. The monoisotopic (exact) mass is 274 g/mol. The summed E-state index contributed by atoms with van der Waals surface area (Å²) in [5, 5.41) is 13.9. The van der Waals surface area contributed by atoms with E-state index >= 15 is 0 Å². The first-order chi connectivity index (χ1) is 9.36. The highest BCUT2D eigenvalue weighted by Gasteiger charge is 2.11. The predicted octanol–water partition coefficient (Wildman–Crippen LogP) is 1.97. The summed E-state index contributed by atoms with van der Waals surface area (Å²) in [4.78, 5) is 0.844. The Morgan fingerprint density at radius 3 is 2.84 bits per heavy atom. The van der Waals surface area contributed by atoms with E-state index < -0.39 is 0 Å². The average molecular weight is 274 g/mol. The minimum absolute atomic E-state index is 0.631. The van der Waals surface area contributed by atoms with Crippen molar-refractivity contribution < 1.29 is 4.74 Å². The van der Waals surface area contributed by atoms with E-state index in [1.165, 1.54) is 5.56 Å². The first-order valence-electron chi connectivity index (χ1n) is 6.09. The normalized spacial score (nSPS) is 11.2. The van der Waals surface area contributed by atoms with E-state index in [0.717, 1.165) is 28.6 Å². The molecule has 0 aliphatic heterocycles. The molecule has 1 aromatic carbocycles. The smallest absolute Gasteiger partial charge is 0.234 e. The van der Waals surface area contributed by atoms with Crippen LogP contribution in [0.4, 0.5) is 0 Å². The summed E-state index contributed by atoms with van der Waals surface area (Å²) in [5.74, 6) is 0.854. The lowest BCUT2D eigenvalue weighted by Crippen LogP contribution is -2.01. The predicted molar refractivity (Wildman–Crippen MR) is 73.5 cm³/mol. The Morgan fingerprint density at radius 2 is 2.05 bits per heavy atom. The van der Waals surface area contributed by atoms with Gasteiger partial charge in [-0.1, -0.05) is 41.7 Å². The zero-order valence-corrected chi connectivity index (χ0v) is 11.4. The number of methoxy groups -OCH3 is 1. The Balaban J connectivity index is 1.84. The molecule has 3 rings (SSSR count). The zero-order chi connectivity index (χ0) is 13.1. The van der Waals surface area contributed by atoms with Gasteiger partial charge in [0, 0.05) is 20.0 Å². The summed E-state index contributed by atoms with van der Waals surface area (Å²) in [5.41, 5.74) is 1.26. The Bertz CT molecular complexity index is 662. The Morgan fingerprint density at radius 1 is 1.21 bits per heavy atom. The van der Waals surface area contributed by atoms with Gasteiger partial charge in [-0.05, 0) is 5.56 Å². The fourth-order valence-electron chi connectivity index (χ4n) is 1.89. The lowest BCUT2D eigenvalue weighted by atomic mass is 10.2. The fraction of sp³-hybridized carbons (Fsp3) is 0.308. The molecule has 0 saturated carbocycles. The van der Waals surface area contributed by atoms with Gasteiger partial charge in [-0.3, -0.25) is 0 Å². The Kier molecular flexibility index (Phi) is 3.52. The molecule has 98 valence electrons. The van der Waals surface area contributed by atoms with Crippen LogP contribution in [0.3, 0.4) is 0 Å². The van der Waals surface area contributed by atoms with Gasteiger partial charge in [-0.25, -0.2) is 0 Å². The van der Waals surface area contributed by atoms with Crippen LogP contribution in [0.15, 0.2) is 30.3 Å². The maximum Gasteiger partial charge on any atom is 0.234 e. The maximum absolute atomic E-state index is 5.06. The molecule has 0 N–H and O–H groups in total. The molecule has 0 amide bonds. The molecule has 2 heterocycles. The molecule has 0 unspecified atom stereocenters. The van der Waals surface area contributed by atoms with Gasteiger partial charge in [0.25, 0.3) is 0 Å². The van der Waals surface area contributed by atoms with E-state index in [-0.39, 0.29) is 0 Å². The third-order valence-corrected chi connectivity index (χ3v) is 3.72. The Labute approximate surface area is 114 Å². The number of hydrogen-bond donors (Lipinski definition) is 0. The zero-order valence-electron chi connectivity index (χ0n) is 10.6. The number of nitrogens with zero attached hydrogens (tertiary/aromatic N) is 4. The van der Waals surface area contributed by atoms with Crippen LogP contribution in [-0.4, -0.2) is 33.5 Å². The summed E-state index contributed by atoms with van der Waals surface area (Å²) in [7, 11) is 1.68. The molecule has 3 aromatic rings. The summed E-state index contributed by atoms with van der Waals surface area (Å²) >= 11 is 1.58. The van der Waals surface area contributed by atoms with Crippen LogP contribution in [-0.2, 0) is 17.6 Å². The maximum atomic E-state index is 5.06. The summed E-state index contributed by atoms with van der Waals surface area (Å²) < 4.78 is 6.88. The number of rotatable bonds is 5. The molecule has 0 spiro atoms. The quantitative estimate of drug-likeness (QED) is 0.713. The van der Waals surface area contributed by atoms with E-state index in [1.54, 1.807) is 18.4 Å². The second kappa shape index (κ2) is 5.46. The van der Waals surface area contributed by atoms with E-state index in [4.69, 9.17) is 4.74 Å². The van der Waals surface area contributed by atoms with Gasteiger partial charge in [-0.15, -0.1) is 10.2 Å². The highest BCUT2D eigenvalue weighted by Crippen LogP contribution is 2.17. The summed E-state index contributed by atoms with van der Waals surface area (Å²) in [6.07, 6.45) is 1.56. The van der Waals surface area contributed by atoms with E-state index in [2.05, 4.69) is 27.4 Å². The third-order valence-electron chi connectivity index (χ3n) is 2.83. The van der Waals surface area contributed by atoms with Crippen molar-refractivity contribution in [2.24, 2.45) is 0 Å². The minimum atomic E-state index is 0.631. The summed E-state index contributed by atoms with van der Waals surface area (Å²) in [6.45, 7) is 0.631.